The molecule has 104 valence electrons. The average Bonchev–Trinajstić information content (AvgIpc) is 2.60. The minimum absolute atomic E-state index is 0.0887. The highest BCUT2D eigenvalue weighted by Gasteiger charge is 2.46. The first kappa shape index (κ1) is 11.3. The van der Waals surface area contributed by atoms with Crippen molar-refractivity contribution >= 4 is 11.5 Å². The number of rotatable bonds is 0. The van der Waals surface area contributed by atoms with Crippen molar-refractivity contribution < 1.29 is 4.39 Å². The fourth-order valence-electron chi connectivity index (χ4n) is 5.17. The highest BCUT2D eigenvalue weighted by Crippen LogP contribution is 2.50. The van der Waals surface area contributed by atoms with Gasteiger partial charge in [0.1, 0.15) is 11.7 Å². The zero-order chi connectivity index (χ0) is 13.3. The van der Waals surface area contributed by atoms with E-state index in [1.807, 2.05) is 6.07 Å². The van der Waals surface area contributed by atoms with Gasteiger partial charge in [-0.1, -0.05) is 6.07 Å². The van der Waals surface area contributed by atoms with Crippen LogP contribution in [0.15, 0.2) is 23.2 Å². The summed E-state index contributed by atoms with van der Waals surface area (Å²) < 4.78 is 14.1. The van der Waals surface area contributed by atoms with Gasteiger partial charge in [0, 0.05) is 24.1 Å². The third kappa shape index (κ3) is 1.46. The van der Waals surface area contributed by atoms with Crippen molar-refractivity contribution in [2.75, 3.05) is 0 Å². The maximum atomic E-state index is 14.1. The van der Waals surface area contributed by atoms with E-state index in [9.17, 15) is 4.39 Å². The Kier molecular flexibility index (Phi) is 2.17. The van der Waals surface area contributed by atoms with Crippen molar-refractivity contribution in [2.45, 2.75) is 44.7 Å². The average molecular weight is 270 g/mol. The van der Waals surface area contributed by atoms with Crippen molar-refractivity contribution in [3.8, 4) is 0 Å². The number of halogens is 1. The summed E-state index contributed by atoms with van der Waals surface area (Å²) in [5.41, 5.74) is 1.68. The predicted molar refractivity (Wildman–Crippen MR) is 76.4 cm³/mol. The molecule has 3 aliphatic heterocycles. The van der Waals surface area contributed by atoms with Gasteiger partial charge in [-0.15, -0.1) is 0 Å². The highest BCUT2D eigenvalue weighted by atomic mass is 19.1. The van der Waals surface area contributed by atoms with Crippen molar-refractivity contribution in [2.24, 2.45) is 22.7 Å². The number of amidine groups is 1. The fraction of sp³-hybridized carbons (Fsp3) is 0.588. The Bertz CT molecular complexity index is 595. The lowest BCUT2D eigenvalue weighted by Gasteiger charge is -2.39. The molecule has 0 spiro atoms. The monoisotopic (exact) mass is 270 g/mol. The van der Waals surface area contributed by atoms with Crippen molar-refractivity contribution in [1.82, 2.24) is 4.90 Å². The standard InChI is InChI=1S/C17H19FN2/c18-15-2-1-3-16-14(15)9-20-13-7-10-4-11(8-13)6-12(5-10)17(20)19-16/h1-3,10-13H,4-9H2. The number of benzene rings is 1. The molecule has 1 aromatic carbocycles. The summed E-state index contributed by atoms with van der Waals surface area (Å²) in [5, 5.41) is 0. The summed E-state index contributed by atoms with van der Waals surface area (Å²) in [6.07, 6.45) is 6.65. The first-order valence-corrected chi connectivity index (χ1v) is 7.90. The number of nitrogens with zero attached hydrogens (tertiary/aromatic N) is 2. The molecule has 3 heterocycles. The molecule has 2 unspecified atom stereocenters. The maximum absolute atomic E-state index is 14.1. The number of fused-ring (bicyclic) bond motifs is 1. The minimum atomic E-state index is -0.0887. The molecular formula is C17H19FN2. The van der Waals surface area contributed by atoms with Crippen LogP contribution in [0.2, 0.25) is 0 Å². The Hall–Kier alpha value is -1.38. The Morgan fingerprint density at radius 3 is 2.65 bits per heavy atom. The van der Waals surface area contributed by atoms with Gasteiger partial charge in [-0.25, -0.2) is 9.38 Å². The zero-order valence-corrected chi connectivity index (χ0v) is 11.6. The van der Waals surface area contributed by atoms with Crippen LogP contribution in [0.25, 0.3) is 0 Å². The van der Waals surface area contributed by atoms with Crippen molar-refractivity contribution in [1.29, 1.82) is 0 Å². The van der Waals surface area contributed by atoms with Gasteiger partial charge < -0.3 is 4.90 Å². The van der Waals surface area contributed by atoms with Crippen molar-refractivity contribution in [3.05, 3.63) is 29.6 Å². The molecule has 1 aromatic rings. The highest BCUT2D eigenvalue weighted by molar-refractivity contribution is 5.90. The molecule has 4 bridgehead atoms. The van der Waals surface area contributed by atoms with Crippen LogP contribution >= 0.6 is 0 Å². The van der Waals surface area contributed by atoms with Gasteiger partial charge in [-0.05, 0) is 56.1 Å². The molecule has 0 radical (unpaired) electrons. The summed E-state index contributed by atoms with van der Waals surface area (Å²) in [6.45, 7) is 0.738. The largest absolute Gasteiger partial charge is 0.352 e. The fourth-order valence-corrected chi connectivity index (χ4v) is 5.17. The van der Waals surface area contributed by atoms with Gasteiger partial charge in [0.2, 0.25) is 0 Å². The van der Waals surface area contributed by atoms with E-state index in [-0.39, 0.29) is 5.82 Å². The van der Waals surface area contributed by atoms with E-state index >= 15 is 0 Å². The summed E-state index contributed by atoms with van der Waals surface area (Å²) in [6, 6.07) is 5.94. The Morgan fingerprint density at radius 2 is 1.85 bits per heavy atom. The molecule has 0 N–H and O–H groups in total. The molecule has 20 heavy (non-hydrogen) atoms. The first-order chi connectivity index (χ1) is 9.78. The molecule has 2 saturated heterocycles. The van der Waals surface area contributed by atoms with Crippen LogP contribution in [0.4, 0.5) is 10.1 Å². The predicted octanol–water partition coefficient (Wildman–Crippen LogP) is 3.88. The molecule has 2 saturated carbocycles. The van der Waals surface area contributed by atoms with E-state index < -0.39 is 0 Å². The molecule has 0 aromatic heterocycles. The second-order valence-corrected chi connectivity index (χ2v) is 7.10. The Morgan fingerprint density at radius 1 is 1.05 bits per heavy atom. The second kappa shape index (κ2) is 3.84. The van der Waals surface area contributed by atoms with Crippen LogP contribution in [-0.2, 0) is 6.54 Å². The Balaban J connectivity index is 1.66. The topological polar surface area (TPSA) is 15.6 Å². The first-order valence-electron chi connectivity index (χ1n) is 7.90. The third-order valence-corrected chi connectivity index (χ3v) is 5.87. The van der Waals surface area contributed by atoms with Crippen LogP contribution in [0.5, 0.6) is 0 Å². The van der Waals surface area contributed by atoms with Gasteiger partial charge in [0.25, 0.3) is 0 Å². The molecular weight excluding hydrogens is 251 g/mol. The smallest absolute Gasteiger partial charge is 0.130 e. The molecule has 2 nitrogen and oxygen atoms in total. The lowest BCUT2D eigenvalue weighted by molar-refractivity contribution is 0.127. The number of hydrogen-bond acceptors (Lipinski definition) is 2. The van der Waals surface area contributed by atoms with Gasteiger partial charge >= 0.3 is 0 Å². The van der Waals surface area contributed by atoms with Crippen molar-refractivity contribution in [3.63, 3.8) is 0 Å². The SMILES string of the molecule is Fc1cccc2c1CN1C(=N2)C2CC3CC(C2)CC1C3. The van der Waals surface area contributed by atoms with Gasteiger partial charge in [-0.2, -0.15) is 0 Å². The van der Waals surface area contributed by atoms with Gasteiger partial charge in [0.05, 0.1) is 5.69 Å². The van der Waals surface area contributed by atoms with Crippen LogP contribution in [0, 0.1) is 23.6 Å². The molecule has 2 atom stereocenters. The van der Waals surface area contributed by atoms with Crippen LogP contribution < -0.4 is 0 Å². The third-order valence-electron chi connectivity index (χ3n) is 5.87. The van der Waals surface area contributed by atoms with E-state index in [0.717, 1.165) is 29.6 Å². The van der Waals surface area contributed by atoms with E-state index in [1.54, 1.807) is 12.1 Å². The lowest BCUT2D eigenvalue weighted by atomic mass is 9.68. The van der Waals surface area contributed by atoms with E-state index in [2.05, 4.69) is 4.90 Å². The molecule has 3 heteroatoms. The summed E-state index contributed by atoms with van der Waals surface area (Å²) in [4.78, 5) is 7.34. The van der Waals surface area contributed by atoms with E-state index in [4.69, 9.17) is 4.99 Å². The van der Waals surface area contributed by atoms with Crippen LogP contribution in [0.3, 0.4) is 0 Å². The van der Waals surface area contributed by atoms with Gasteiger partial charge in [-0.3, -0.25) is 0 Å². The minimum Gasteiger partial charge on any atom is -0.352 e. The second-order valence-electron chi connectivity index (χ2n) is 7.10. The van der Waals surface area contributed by atoms with Crippen LogP contribution in [0.1, 0.15) is 37.7 Å². The maximum Gasteiger partial charge on any atom is 0.130 e. The molecule has 0 amide bonds. The molecule has 6 rings (SSSR count). The lowest BCUT2D eigenvalue weighted by Crippen LogP contribution is -2.42. The van der Waals surface area contributed by atoms with Gasteiger partial charge in [0.15, 0.2) is 0 Å². The summed E-state index contributed by atoms with van der Waals surface area (Å²) in [5.74, 6) is 3.59. The quantitative estimate of drug-likeness (QED) is 0.698. The molecule has 5 aliphatic rings. The number of hydrogen-bond donors (Lipinski definition) is 0. The van der Waals surface area contributed by atoms with Crippen LogP contribution in [-0.4, -0.2) is 16.8 Å². The normalized spacial score (nSPS) is 37.2. The summed E-state index contributed by atoms with van der Waals surface area (Å²) >= 11 is 0. The zero-order valence-electron chi connectivity index (χ0n) is 11.6. The number of aliphatic imine (C=N–C) groups is 1. The Labute approximate surface area is 118 Å². The molecule has 4 fully saturated rings. The van der Waals surface area contributed by atoms with E-state index in [1.165, 1.54) is 37.9 Å². The van der Waals surface area contributed by atoms with E-state index in [0.29, 0.717) is 12.0 Å². The molecule has 2 aliphatic carbocycles. The summed E-state index contributed by atoms with van der Waals surface area (Å²) in [7, 11) is 0.